The number of carbonyl (C=O) groups is 1. The van der Waals surface area contributed by atoms with E-state index < -0.39 is 5.97 Å². The molecule has 0 fully saturated rings. The smallest absolute Gasteiger partial charge is 0.313 e. The quantitative estimate of drug-likeness (QED) is 0.796. The molecule has 0 saturated carbocycles. The predicted molar refractivity (Wildman–Crippen MR) is 67.5 cm³/mol. The number of aliphatic carboxylic acids is 1. The minimum absolute atomic E-state index is 0.0162. The van der Waals surface area contributed by atoms with E-state index in [2.05, 4.69) is 5.32 Å². The molecule has 0 aliphatic heterocycles. The van der Waals surface area contributed by atoms with E-state index >= 15 is 0 Å². The van der Waals surface area contributed by atoms with E-state index in [1.807, 2.05) is 31.2 Å². The fraction of sp³-hybridized carbons (Fsp3) is 0.200. The average molecular weight is 241 g/mol. The van der Waals surface area contributed by atoms with Gasteiger partial charge in [0, 0.05) is 5.69 Å². The molecule has 2 N–H and O–H groups in total. The molecule has 0 unspecified atom stereocenters. The van der Waals surface area contributed by atoms with E-state index in [9.17, 15) is 4.79 Å². The Labute approximate surface area is 97.9 Å². The molecule has 80 valence electrons. The number of para-hydroxylation sites is 1. The number of carboxylic acid groups (broad SMARTS) is 1. The number of anilines is 1. The second-order valence-corrected chi connectivity index (χ2v) is 4.56. The first-order chi connectivity index (χ1) is 7.09. The molecule has 3 nitrogen and oxygen atoms in total. The first kappa shape index (κ1) is 12.0. The third-order valence-corrected chi connectivity index (χ3v) is 2.92. The molecule has 0 aromatic heterocycles. The molecule has 0 bridgehead atoms. The Kier molecular flexibility index (Phi) is 4.58. The standard InChI is InChI=1S/C10H11NO2S2/c1-7-4-2-3-5-8(7)11-10(14)15-6-9(12)13/h2-5H,6H2,1H3,(H,11,14)(H,12,13). The lowest BCUT2D eigenvalue weighted by Gasteiger charge is -2.08. The second-order valence-electron chi connectivity index (χ2n) is 2.91. The van der Waals surface area contributed by atoms with Gasteiger partial charge in [0.15, 0.2) is 0 Å². The second kappa shape index (κ2) is 5.72. The van der Waals surface area contributed by atoms with Crippen molar-refractivity contribution < 1.29 is 9.90 Å². The Morgan fingerprint density at radius 1 is 1.53 bits per heavy atom. The van der Waals surface area contributed by atoms with Crippen molar-refractivity contribution in [3.63, 3.8) is 0 Å². The van der Waals surface area contributed by atoms with E-state index in [0.717, 1.165) is 23.0 Å². The molecule has 1 aromatic carbocycles. The SMILES string of the molecule is Cc1ccccc1NC(=S)SCC(=O)O. The van der Waals surface area contributed by atoms with Crippen molar-refractivity contribution in [2.75, 3.05) is 11.1 Å². The summed E-state index contributed by atoms with van der Waals surface area (Å²) < 4.78 is 0.478. The molecular weight excluding hydrogens is 230 g/mol. The Balaban J connectivity index is 2.52. The zero-order valence-corrected chi connectivity index (χ0v) is 9.82. The molecule has 0 radical (unpaired) electrons. The molecule has 0 heterocycles. The number of carboxylic acids is 1. The Hall–Kier alpha value is -1.07. The number of benzene rings is 1. The van der Waals surface area contributed by atoms with Crippen molar-refractivity contribution in [1.29, 1.82) is 0 Å². The van der Waals surface area contributed by atoms with Gasteiger partial charge in [0.2, 0.25) is 0 Å². The van der Waals surface area contributed by atoms with Crippen LogP contribution in [0, 0.1) is 6.92 Å². The van der Waals surface area contributed by atoms with E-state index in [-0.39, 0.29) is 5.75 Å². The number of nitrogens with one attached hydrogen (secondary N) is 1. The van der Waals surface area contributed by atoms with Crippen molar-refractivity contribution in [1.82, 2.24) is 0 Å². The summed E-state index contributed by atoms with van der Waals surface area (Å²) in [5, 5.41) is 11.5. The van der Waals surface area contributed by atoms with Gasteiger partial charge in [0.1, 0.15) is 4.32 Å². The first-order valence-electron chi connectivity index (χ1n) is 4.31. The van der Waals surface area contributed by atoms with E-state index in [4.69, 9.17) is 17.3 Å². The zero-order valence-electron chi connectivity index (χ0n) is 8.19. The van der Waals surface area contributed by atoms with E-state index in [1.54, 1.807) is 0 Å². The number of hydrogen-bond acceptors (Lipinski definition) is 3. The highest BCUT2D eigenvalue weighted by Crippen LogP contribution is 2.16. The largest absolute Gasteiger partial charge is 0.481 e. The van der Waals surface area contributed by atoms with Crippen LogP contribution in [0.25, 0.3) is 0 Å². The maximum atomic E-state index is 10.3. The Morgan fingerprint density at radius 3 is 2.80 bits per heavy atom. The zero-order chi connectivity index (χ0) is 11.3. The normalized spacial score (nSPS) is 9.67. The van der Waals surface area contributed by atoms with Gasteiger partial charge in [-0.05, 0) is 18.6 Å². The van der Waals surface area contributed by atoms with Crippen LogP contribution in [-0.2, 0) is 4.79 Å². The van der Waals surface area contributed by atoms with Crippen molar-refractivity contribution >= 4 is 40.0 Å². The van der Waals surface area contributed by atoms with Gasteiger partial charge in [-0.15, -0.1) is 0 Å². The lowest BCUT2D eigenvalue weighted by atomic mass is 10.2. The highest BCUT2D eigenvalue weighted by atomic mass is 32.2. The van der Waals surface area contributed by atoms with Gasteiger partial charge in [-0.25, -0.2) is 0 Å². The predicted octanol–water partition coefficient (Wildman–Crippen LogP) is 2.51. The van der Waals surface area contributed by atoms with E-state index in [0.29, 0.717) is 4.32 Å². The summed E-state index contributed by atoms with van der Waals surface area (Å²) in [5.74, 6) is -0.883. The third kappa shape index (κ3) is 4.31. The summed E-state index contributed by atoms with van der Waals surface area (Å²) in [6.07, 6.45) is 0. The number of thiocarbonyl (C=S) groups is 1. The third-order valence-electron chi connectivity index (χ3n) is 1.71. The van der Waals surface area contributed by atoms with Crippen LogP contribution in [0.1, 0.15) is 5.56 Å². The van der Waals surface area contributed by atoms with Crippen LogP contribution in [0.4, 0.5) is 5.69 Å². The summed E-state index contributed by atoms with van der Waals surface area (Å²) in [4.78, 5) is 10.3. The highest BCUT2D eigenvalue weighted by molar-refractivity contribution is 8.23. The molecule has 0 atom stereocenters. The Bertz CT molecular complexity index is 379. The van der Waals surface area contributed by atoms with Crippen LogP contribution < -0.4 is 5.32 Å². The van der Waals surface area contributed by atoms with Crippen LogP contribution in [0.3, 0.4) is 0 Å². The number of rotatable bonds is 3. The lowest BCUT2D eigenvalue weighted by molar-refractivity contribution is -0.133. The maximum Gasteiger partial charge on any atom is 0.313 e. The van der Waals surface area contributed by atoms with Gasteiger partial charge in [-0.1, -0.05) is 42.2 Å². The summed E-state index contributed by atoms with van der Waals surface area (Å²) in [5.41, 5.74) is 2.00. The van der Waals surface area contributed by atoms with E-state index in [1.165, 1.54) is 0 Å². The van der Waals surface area contributed by atoms with Crippen LogP contribution in [-0.4, -0.2) is 21.1 Å². The fourth-order valence-corrected chi connectivity index (χ4v) is 1.71. The Morgan fingerprint density at radius 2 is 2.20 bits per heavy atom. The monoisotopic (exact) mass is 241 g/mol. The summed E-state index contributed by atoms with van der Waals surface area (Å²) in [6.45, 7) is 1.97. The van der Waals surface area contributed by atoms with Crippen molar-refractivity contribution in [3.05, 3.63) is 29.8 Å². The first-order valence-corrected chi connectivity index (χ1v) is 5.70. The molecule has 15 heavy (non-hydrogen) atoms. The van der Waals surface area contributed by atoms with Gasteiger partial charge in [-0.2, -0.15) is 0 Å². The van der Waals surface area contributed by atoms with Gasteiger partial charge in [0.05, 0.1) is 5.75 Å². The minimum atomic E-state index is -0.867. The van der Waals surface area contributed by atoms with Gasteiger partial charge >= 0.3 is 5.97 Å². The highest BCUT2D eigenvalue weighted by Gasteiger charge is 2.03. The molecular formula is C10H11NO2S2. The van der Waals surface area contributed by atoms with Crippen LogP contribution in [0.5, 0.6) is 0 Å². The molecule has 0 spiro atoms. The molecule has 0 amide bonds. The van der Waals surface area contributed by atoms with Crippen molar-refractivity contribution in [3.8, 4) is 0 Å². The topological polar surface area (TPSA) is 49.3 Å². The molecule has 0 aliphatic carbocycles. The van der Waals surface area contributed by atoms with Gasteiger partial charge in [-0.3, -0.25) is 4.79 Å². The van der Waals surface area contributed by atoms with Crippen molar-refractivity contribution in [2.24, 2.45) is 0 Å². The molecule has 0 aliphatic rings. The van der Waals surface area contributed by atoms with Crippen LogP contribution in [0.15, 0.2) is 24.3 Å². The molecule has 1 rings (SSSR count). The average Bonchev–Trinajstić information content (AvgIpc) is 2.18. The fourth-order valence-electron chi connectivity index (χ4n) is 0.986. The maximum absolute atomic E-state index is 10.3. The van der Waals surface area contributed by atoms with Crippen molar-refractivity contribution in [2.45, 2.75) is 6.92 Å². The minimum Gasteiger partial charge on any atom is -0.481 e. The molecule has 5 heteroatoms. The number of aryl methyl sites for hydroxylation is 1. The van der Waals surface area contributed by atoms with Crippen LogP contribution in [0.2, 0.25) is 0 Å². The lowest BCUT2D eigenvalue weighted by Crippen LogP contribution is -2.09. The van der Waals surface area contributed by atoms with Crippen LogP contribution >= 0.6 is 24.0 Å². The summed E-state index contributed by atoms with van der Waals surface area (Å²) >= 11 is 6.11. The summed E-state index contributed by atoms with van der Waals surface area (Å²) in [7, 11) is 0. The van der Waals surface area contributed by atoms with Gasteiger partial charge < -0.3 is 10.4 Å². The number of thioether (sulfide) groups is 1. The molecule has 0 saturated heterocycles. The van der Waals surface area contributed by atoms with Gasteiger partial charge in [0.25, 0.3) is 0 Å². The number of hydrogen-bond donors (Lipinski definition) is 2. The molecule has 1 aromatic rings. The summed E-state index contributed by atoms with van der Waals surface area (Å²) in [6, 6.07) is 7.71.